The fourth-order valence-corrected chi connectivity index (χ4v) is 3.92. The first-order valence-electron chi connectivity index (χ1n) is 8.43. The summed E-state index contributed by atoms with van der Waals surface area (Å²) in [4.78, 5) is 0. The topological polar surface area (TPSA) is 12.0 Å². The van der Waals surface area contributed by atoms with E-state index in [4.69, 9.17) is 0 Å². The molecule has 0 saturated heterocycles. The van der Waals surface area contributed by atoms with Gasteiger partial charge in [0.15, 0.2) is 0 Å². The highest BCUT2D eigenvalue weighted by Crippen LogP contribution is 2.36. The molecule has 0 radical (unpaired) electrons. The lowest BCUT2D eigenvalue weighted by Gasteiger charge is -2.37. The minimum atomic E-state index is 0.777. The Morgan fingerprint density at radius 1 is 1.06 bits per heavy atom. The van der Waals surface area contributed by atoms with E-state index in [-0.39, 0.29) is 0 Å². The smallest absolute Gasteiger partial charge is 0.0120 e. The van der Waals surface area contributed by atoms with Gasteiger partial charge in [-0.3, -0.25) is 0 Å². The standard InChI is InChI=1S/C17H35N/c1-5-8-9-15(7-3)17(18-4)16-12-10-14(6-2)11-13-16/h14-18H,5-13H2,1-4H3. The van der Waals surface area contributed by atoms with Gasteiger partial charge in [-0.05, 0) is 44.1 Å². The van der Waals surface area contributed by atoms with Crippen molar-refractivity contribution in [3.05, 3.63) is 0 Å². The summed E-state index contributed by atoms with van der Waals surface area (Å²) in [6.45, 7) is 7.05. The molecule has 2 unspecified atom stereocenters. The second-order valence-electron chi connectivity index (χ2n) is 6.31. The summed E-state index contributed by atoms with van der Waals surface area (Å²) in [6.07, 6.45) is 12.8. The van der Waals surface area contributed by atoms with Crippen LogP contribution in [0, 0.1) is 17.8 Å². The van der Waals surface area contributed by atoms with E-state index in [1.165, 1.54) is 57.8 Å². The largest absolute Gasteiger partial charge is 0.316 e. The SMILES string of the molecule is CCCCC(CC)C(NC)C1CCC(CC)CC1. The van der Waals surface area contributed by atoms with Gasteiger partial charge in [0.2, 0.25) is 0 Å². The molecule has 0 aromatic heterocycles. The monoisotopic (exact) mass is 253 g/mol. The minimum Gasteiger partial charge on any atom is -0.316 e. The zero-order valence-electron chi connectivity index (χ0n) is 13.2. The molecule has 0 aliphatic heterocycles. The van der Waals surface area contributed by atoms with E-state index in [1.807, 2.05) is 0 Å². The van der Waals surface area contributed by atoms with Crippen LogP contribution in [-0.2, 0) is 0 Å². The Morgan fingerprint density at radius 3 is 2.17 bits per heavy atom. The molecule has 0 amide bonds. The van der Waals surface area contributed by atoms with Gasteiger partial charge in [-0.2, -0.15) is 0 Å². The molecule has 0 aromatic carbocycles. The van der Waals surface area contributed by atoms with Crippen molar-refractivity contribution >= 4 is 0 Å². The molecule has 0 heterocycles. The van der Waals surface area contributed by atoms with Crippen LogP contribution >= 0.6 is 0 Å². The first-order valence-corrected chi connectivity index (χ1v) is 8.43. The fourth-order valence-electron chi connectivity index (χ4n) is 3.92. The first kappa shape index (κ1) is 16.0. The molecule has 1 aliphatic carbocycles. The Morgan fingerprint density at radius 2 is 1.72 bits per heavy atom. The van der Waals surface area contributed by atoms with Crippen molar-refractivity contribution in [1.82, 2.24) is 5.32 Å². The molecule has 0 spiro atoms. The van der Waals surface area contributed by atoms with E-state index >= 15 is 0 Å². The molecule has 1 saturated carbocycles. The van der Waals surface area contributed by atoms with Crippen molar-refractivity contribution in [3.8, 4) is 0 Å². The van der Waals surface area contributed by atoms with Gasteiger partial charge < -0.3 is 5.32 Å². The average Bonchev–Trinajstić information content (AvgIpc) is 2.43. The third kappa shape index (κ3) is 4.57. The van der Waals surface area contributed by atoms with Crippen molar-refractivity contribution in [2.24, 2.45) is 17.8 Å². The van der Waals surface area contributed by atoms with Crippen LogP contribution in [0.5, 0.6) is 0 Å². The summed E-state index contributed by atoms with van der Waals surface area (Å²) in [7, 11) is 2.19. The van der Waals surface area contributed by atoms with E-state index in [9.17, 15) is 0 Å². The van der Waals surface area contributed by atoms with Crippen molar-refractivity contribution in [2.45, 2.75) is 84.6 Å². The molecular weight excluding hydrogens is 218 g/mol. The number of hydrogen-bond donors (Lipinski definition) is 1. The van der Waals surface area contributed by atoms with Crippen molar-refractivity contribution in [3.63, 3.8) is 0 Å². The van der Waals surface area contributed by atoms with Crippen LogP contribution in [0.1, 0.15) is 78.6 Å². The lowest BCUT2D eigenvalue weighted by atomic mass is 9.73. The summed E-state index contributed by atoms with van der Waals surface area (Å²) < 4.78 is 0. The molecule has 1 aliphatic rings. The Hall–Kier alpha value is -0.0400. The Bertz CT molecular complexity index is 194. The van der Waals surface area contributed by atoms with Gasteiger partial charge in [0, 0.05) is 6.04 Å². The van der Waals surface area contributed by atoms with Crippen LogP contribution in [0.15, 0.2) is 0 Å². The van der Waals surface area contributed by atoms with E-state index in [0.717, 1.165) is 23.8 Å². The summed E-state index contributed by atoms with van der Waals surface area (Å²) >= 11 is 0. The van der Waals surface area contributed by atoms with Crippen LogP contribution in [-0.4, -0.2) is 13.1 Å². The second-order valence-corrected chi connectivity index (χ2v) is 6.31. The molecular formula is C17H35N. The lowest BCUT2D eigenvalue weighted by Crippen LogP contribution is -2.41. The maximum absolute atomic E-state index is 3.66. The minimum absolute atomic E-state index is 0.777. The Kier molecular flexibility index (Phi) is 7.97. The third-order valence-electron chi connectivity index (χ3n) is 5.27. The molecule has 1 fully saturated rings. The zero-order valence-corrected chi connectivity index (χ0v) is 13.2. The molecule has 1 N–H and O–H groups in total. The number of unbranched alkanes of at least 4 members (excludes halogenated alkanes) is 1. The van der Waals surface area contributed by atoms with Gasteiger partial charge >= 0.3 is 0 Å². The highest BCUT2D eigenvalue weighted by Gasteiger charge is 2.30. The van der Waals surface area contributed by atoms with Crippen LogP contribution in [0.4, 0.5) is 0 Å². The summed E-state index contributed by atoms with van der Waals surface area (Å²) in [5.41, 5.74) is 0. The second kappa shape index (κ2) is 8.96. The quantitative estimate of drug-likeness (QED) is 0.641. The predicted molar refractivity (Wildman–Crippen MR) is 81.9 cm³/mol. The van der Waals surface area contributed by atoms with Crippen LogP contribution in [0.3, 0.4) is 0 Å². The maximum atomic E-state index is 3.66. The van der Waals surface area contributed by atoms with Gasteiger partial charge in [-0.15, -0.1) is 0 Å². The van der Waals surface area contributed by atoms with E-state index in [1.54, 1.807) is 0 Å². The average molecular weight is 253 g/mol. The highest BCUT2D eigenvalue weighted by molar-refractivity contribution is 4.85. The van der Waals surface area contributed by atoms with Crippen molar-refractivity contribution in [2.75, 3.05) is 7.05 Å². The van der Waals surface area contributed by atoms with E-state index < -0.39 is 0 Å². The first-order chi connectivity index (χ1) is 8.76. The maximum Gasteiger partial charge on any atom is 0.0120 e. The predicted octanol–water partition coefficient (Wildman–Crippen LogP) is 5.01. The molecule has 1 heteroatoms. The van der Waals surface area contributed by atoms with E-state index in [0.29, 0.717) is 0 Å². The van der Waals surface area contributed by atoms with Crippen LogP contribution in [0.25, 0.3) is 0 Å². The van der Waals surface area contributed by atoms with Gasteiger partial charge in [-0.1, -0.05) is 59.3 Å². The Balaban J connectivity index is 2.48. The highest BCUT2D eigenvalue weighted by atomic mass is 14.9. The van der Waals surface area contributed by atoms with Gasteiger partial charge in [0.1, 0.15) is 0 Å². The number of rotatable bonds is 8. The van der Waals surface area contributed by atoms with Crippen LogP contribution < -0.4 is 5.32 Å². The Labute approximate surface area is 115 Å². The zero-order chi connectivity index (χ0) is 13.4. The number of nitrogens with one attached hydrogen (secondary N) is 1. The molecule has 18 heavy (non-hydrogen) atoms. The molecule has 2 atom stereocenters. The summed E-state index contributed by atoms with van der Waals surface area (Å²) in [5, 5.41) is 3.66. The van der Waals surface area contributed by atoms with Crippen LogP contribution in [0.2, 0.25) is 0 Å². The summed E-state index contributed by atoms with van der Waals surface area (Å²) in [6, 6.07) is 0.777. The molecule has 0 aromatic rings. The molecule has 108 valence electrons. The fraction of sp³-hybridized carbons (Fsp3) is 1.00. The van der Waals surface area contributed by atoms with Gasteiger partial charge in [0.25, 0.3) is 0 Å². The molecule has 1 nitrogen and oxygen atoms in total. The number of hydrogen-bond acceptors (Lipinski definition) is 1. The lowest BCUT2D eigenvalue weighted by molar-refractivity contribution is 0.172. The van der Waals surface area contributed by atoms with Crippen molar-refractivity contribution < 1.29 is 0 Å². The van der Waals surface area contributed by atoms with E-state index in [2.05, 4.69) is 33.1 Å². The van der Waals surface area contributed by atoms with Gasteiger partial charge in [0.05, 0.1) is 0 Å². The third-order valence-corrected chi connectivity index (χ3v) is 5.27. The molecule has 1 rings (SSSR count). The van der Waals surface area contributed by atoms with Gasteiger partial charge in [-0.25, -0.2) is 0 Å². The molecule has 0 bridgehead atoms. The van der Waals surface area contributed by atoms with Crippen molar-refractivity contribution in [1.29, 1.82) is 0 Å². The normalized spacial score (nSPS) is 28.0. The summed E-state index contributed by atoms with van der Waals surface area (Å²) in [5.74, 6) is 2.87.